The van der Waals surface area contributed by atoms with Crippen LogP contribution < -0.4 is 10.1 Å². The Kier molecular flexibility index (Phi) is 5.31. The molecule has 5 heteroatoms. The summed E-state index contributed by atoms with van der Waals surface area (Å²) in [6.07, 6.45) is 2.29. The van der Waals surface area contributed by atoms with Gasteiger partial charge in [-0.3, -0.25) is 4.79 Å². The summed E-state index contributed by atoms with van der Waals surface area (Å²) in [4.78, 5) is 14.0. The number of carbonyl (C=O) groups is 1. The molecule has 0 aliphatic carbocycles. The quantitative estimate of drug-likeness (QED) is 0.877. The molecule has 1 aliphatic heterocycles. The molecule has 0 spiro atoms. The van der Waals surface area contributed by atoms with E-state index < -0.39 is 0 Å². The highest BCUT2D eigenvalue weighted by Gasteiger charge is 2.17. The van der Waals surface area contributed by atoms with E-state index in [1.807, 2.05) is 43.3 Å². The van der Waals surface area contributed by atoms with Gasteiger partial charge in [0.25, 0.3) is 5.91 Å². The Morgan fingerprint density at radius 3 is 2.83 bits per heavy atom. The minimum Gasteiger partial charge on any atom is -0.494 e. The van der Waals surface area contributed by atoms with Crippen LogP contribution in [0.25, 0.3) is 10.4 Å². The van der Waals surface area contributed by atoms with Crippen LogP contribution in [0.2, 0.25) is 0 Å². The third-order valence-electron chi connectivity index (χ3n) is 3.79. The van der Waals surface area contributed by atoms with Gasteiger partial charge in [0.2, 0.25) is 0 Å². The first-order chi connectivity index (χ1) is 11.3. The minimum absolute atomic E-state index is 0.0253. The van der Waals surface area contributed by atoms with Crippen molar-refractivity contribution in [3.63, 3.8) is 0 Å². The Hall–Kier alpha value is -1.85. The van der Waals surface area contributed by atoms with Crippen molar-refractivity contribution < 1.29 is 14.3 Å². The average Bonchev–Trinajstić information content (AvgIpc) is 3.25. The highest BCUT2D eigenvalue weighted by molar-refractivity contribution is 7.17. The summed E-state index contributed by atoms with van der Waals surface area (Å²) in [5, 5.41) is 2.96. The summed E-state index contributed by atoms with van der Waals surface area (Å²) in [5.41, 5.74) is 1.09. The summed E-state index contributed by atoms with van der Waals surface area (Å²) >= 11 is 1.50. The van der Waals surface area contributed by atoms with E-state index in [-0.39, 0.29) is 12.0 Å². The molecule has 4 nitrogen and oxygen atoms in total. The molecule has 0 radical (unpaired) electrons. The van der Waals surface area contributed by atoms with Gasteiger partial charge in [0.15, 0.2) is 0 Å². The molecule has 1 aromatic carbocycles. The number of hydrogen-bond donors (Lipinski definition) is 1. The van der Waals surface area contributed by atoms with Crippen molar-refractivity contribution in [2.45, 2.75) is 25.9 Å². The Balaban J connectivity index is 1.61. The Bertz CT molecular complexity index is 645. The van der Waals surface area contributed by atoms with Crippen molar-refractivity contribution in [3.8, 4) is 16.2 Å². The second kappa shape index (κ2) is 7.62. The van der Waals surface area contributed by atoms with Gasteiger partial charge < -0.3 is 14.8 Å². The van der Waals surface area contributed by atoms with Gasteiger partial charge in [-0.05, 0) is 61.7 Å². The predicted octanol–water partition coefficient (Wildman–Crippen LogP) is 3.72. The van der Waals surface area contributed by atoms with Gasteiger partial charge in [-0.1, -0.05) is 0 Å². The third-order valence-corrected chi connectivity index (χ3v) is 4.93. The molecule has 1 amide bonds. The van der Waals surface area contributed by atoms with Crippen LogP contribution >= 0.6 is 11.3 Å². The molecule has 1 atom stereocenters. The van der Waals surface area contributed by atoms with E-state index in [2.05, 4.69) is 5.32 Å². The lowest BCUT2D eigenvalue weighted by molar-refractivity contribution is 0.0861. The Morgan fingerprint density at radius 2 is 2.13 bits per heavy atom. The molecule has 2 aromatic rings. The first kappa shape index (κ1) is 16.0. The number of carbonyl (C=O) groups excluding carboxylic acids is 1. The Labute approximate surface area is 140 Å². The molecular formula is C18H21NO3S. The second-order valence-electron chi connectivity index (χ2n) is 5.47. The summed E-state index contributed by atoms with van der Waals surface area (Å²) in [5.74, 6) is 0.838. The summed E-state index contributed by atoms with van der Waals surface area (Å²) in [6.45, 7) is 4.03. The van der Waals surface area contributed by atoms with E-state index in [1.54, 1.807) is 0 Å². The molecule has 23 heavy (non-hydrogen) atoms. The molecule has 122 valence electrons. The number of ether oxygens (including phenoxy) is 2. The third kappa shape index (κ3) is 4.12. The molecular weight excluding hydrogens is 310 g/mol. The number of amides is 1. The first-order valence-electron chi connectivity index (χ1n) is 7.99. The van der Waals surface area contributed by atoms with E-state index >= 15 is 0 Å². The van der Waals surface area contributed by atoms with Crippen LogP contribution in [0.15, 0.2) is 36.4 Å². The maximum absolute atomic E-state index is 12.2. The molecule has 0 bridgehead atoms. The van der Waals surface area contributed by atoms with Gasteiger partial charge in [-0.2, -0.15) is 0 Å². The summed E-state index contributed by atoms with van der Waals surface area (Å²) in [6, 6.07) is 11.8. The predicted molar refractivity (Wildman–Crippen MR) is 92.2 cm³/mol. The van der Waals surface area contributed by atoms with E-state index in [0.717, 1.165) is 40.5 Å². The maximum Gasteiger partial charge on any atom is 0.261 e. The standard InChI is InChI=1S/C18H21NO3S/c1-2-21-14-7-5-13(6-8-14)16-9-10-17(23-16)18(20)19-12-15-4-3-11-22-15/h5-10,15H,2-4,11-12H2,1H3,(H,19,20)/t15-/m1/s1. The van der Waals surface area contributed by atoms with Gasteiger partial charge in [0, 0.05) is 18.0 Å². The number of thiophene rings is 1. The Morgan fingerprint density at radius 1 is 1.30 bits per heavy atom. The lowest BCUT2D eigenvalue weighted by Crippen LogP contribution is -2.31. The van der Waals surface area contributed by atoms with Crippen LogP contribution in [0.5, 0.6) is 5.75 Å². The summed E-state index contributed by atoms with van der Waals surface area (Å²) < 4.78 is 11.0. The van der Waals surface area contributed by atoms with Gasteiger partial charge in [-0.25, -0.2) is 0 Å². The second-order valence-corrected chi connectivity index (χ2v) is 6.55. The molecule has 1 saturated heterocycles. The van der Waals surface area contributed by atoms with E-state index in [9.17, 15) is 4.79 Å². The van der Waals surface area contributed by atoms with Gasteiger partial charge in [0.1, 0.15) is 5.75 Å². The fraction of sp³-hybridized carbons (Fsp3) is 0.389. The van der Waals surface area contributed by atoms with Crippen molar-refractivity contribution in [3.05, 3.63) is 41.3 Å². The molecule has 1 N–H and O–H groups in total. The number of benzene rings is 1. The molecule has 1 aliphatic rings. The zero-order valence-electron chi connectivity index (χ0n) is 13.2. The first-order valence-corrected chi connectivity index (χ1v) is 8.81. The van der Waals surface area contributed by atoms with Crippen molar-refractivity contribution >= 4 is 17.2 Å². The fourth-order valence-electron chi connectivity index (χ4n) is 2.60. The van der Waals surface area contributed by atoms with Crippen molar-refractivity contribution in [1.82, 2.24) is 5.32 Å². The molecule has 3 rings (SSSR count). The topological polar surface area (TPSA) is 47.6 Å². The molecule has 2 heterocycles. The van der Waals surface area contributed by atoms with E-state index in [1.165, 1.54) is 11.3 Å². The van der Waals surface area contributed by atoms with Gasteiger partial charge in [-0.15, -0.1) is 11.3 Å². The zero-order chi connectivity index (χ0) is 16.1. The van der Waals surface area contributed by atoms with Crippen LogP contribution in [0.3, 0.4) is 0 Å². The van der Waals surface area contributed by atoms with Crippen molar-refractivity contribution in [2.75, 3.05) is 19.8 Å². The molecule has 1 aromatic heterocycles. The van der Waals surface area contributed by atoms with Crippen LogP contribution in [0.4, 0.5) is 0 Å². The van der Waals surface area contributed by atoms with Crippen LogP contribution in [-0.2, 0) is 4.74 Å². The zero-order valence-corrected chi connectivity index (χ0v) is 14.0. The normalized spacial score (nSPS) is 17.2. The highest BCUT2D eigenvalue weighted by Crippen LogP contribution is 2.29. The van der Waals surface area contributed by atoms with Crippen molar-refractivity contribution in [2.24, 2.45) is 0 Å². The highest BCUT2D eigenvalue weighted by atomic mass is 32.1. The average molecular weight is 331 g/mol. The minimum atomic E-state index is -0.0253. The number of rotatable bonds is 6. The summed E-state index contributed by atoms with van der Waals surface area (Å²) in [7, 11) is 0. The van der Waals surface area contributed by atoms with Crippen LogP contribution in [0, 0.1) is 0 Å². The van der Waals surface area contributed by atoms with Crippen molar-refractivity contribution in [1.29, 1.82) is 0 Å². The molecule has 0 unspecified atom stereocenters. The van der Waals surface area contributed by atoms with E-state index in [4.69, 9.17) is 9.47 Å². The van der Waals surface area contributed by atoms with Gasteiger partial charge in [0.05, 0.1) is 17.6 Å². The van der Waals surface area contributed by atoms with E-state index in [0.29, 0.717) is 13.2 Å². The molecule has 1 fully saturated rings. The lowest BCUT2D eigenvalue weighted by atomic mass is 10.2. The number of hydrogen-bond acceptors (Lipinski definition) is 4. The van der Waals surface area contributed by atoms with Gasteiger partial charge >= 0.3 is 0 Å². The lowest BCUT2D eigenvalue weighted by Gasteiger charge is -2.09. The number of nitrogens with one attached hydrogen (secondary N) is 1. The smallest absolute Gasteiger partial charge is 0.261 e. The van der Waals surface area contributed by atoms with Crippen LogP contribution in [0.1, 0.15) is 29.4 Å². The maximum atomic E-state index is 12.2. The monoisotopic (exact) mass is 331 g/mol. The SMILES string of the molecule is CCOc1ccc(-c2ccc(C(=O)NC[C@H]3CCCO3)s2)cc1. The van der Waals surface area contributed by atoms with Crippen LogP contribution in [-0.4, -0.2) is 31.8 Å². The fourth-order valence-corrected chi connectivity index (χ4v) is 3.52. The molecule has 0 saturated carbocycles. The largest absolute Gasteiger partial charge is 0.494 e.